The number of ether oxygens (including phenoxy) is 1. The summed E-state index contributed by atoms with van der Waals surface area (Å²) < 4.78 is 10.9. The summed E-state index contributed by atoms with van der Waals surface area (Å²) in [6.07, 6.45) is 1.42. The summed E-state index contributed by atoms with van der Waals surface area (Å²) in [5, 5.41) is 8.93. The molecule has 0 spiro atoms. The predicted octanol–water partition coefficient (Wildman–Crippen LogP) is 2.65. The Morgan fingerprint density at radius 3 is 2.61 bits per heavy atom. The highest BCUT2D eigenvalue weighted by molar-refractivity contribution is 5.93. The monoisotopic (exact) mass is 317 g/mol. The Hall–Kier alpha value is -2.76. The Morgan fingerprint density at radius 2 is 1.96 bits per heavy atom. The fraction of sp³-hybridized carbons (Fsp3) is 0.294. The molecular formula is C17H19NO5. The minimum Gasteiger partial charge on any atom is -0.489 e. The normalized spacial score (nSPS) is 11.7. The van der Waals surface area contributed by atoms with Gasteiger partial charge in [-0.3, -0.25) is 9.59 Å². The van der Waals surface area contributed by atoms with Crippen molar-refractivity contribution in [2.45, 2.75) is 13.5 Å². The maximum absolute atomic E-state index is 12.4. The lowest BCUT2D eigenvalue weighted by atomic mass is 10.1. The topological polar surface area (TPSA) is 80.0 Å². The molecule has 0 aliphatic rings. The molecule has 1 atom stereocenters. The fourth-order valence-corrected chi connectivity index (χ4v) is 2.06. The molecule has 1 amide bonds. The van der Waals surface area contributed by atoms with Gasteiger partial charge in [0.2, 0.25) is 0 Å². The Bertz CT molecular complexity index is 665. The van der Waals surface area contributed by atoms with Gasteiger partial charge in [0.05, 0.1) is 12.2 Å². The molecule has 6 nitrogen and oxygen atoms in total. The summed E-state index contributed by atoms with van der Waals surface area (Å²) in [7, 11) is 1.55. The molecule has 2 aromatic rings. The first-order valence-electron chi connectivity index (χ1n) is 7.21. The first-order valence-corrected chi connectivity index (χ1v) is 7.21. The molecule has 2 rings (SSSR count). The summed E-state index contributed by atoms with van der Waals surface area (Å²) in [4.78, 5) is 24.6. The number of carboxylic acid groups (broad SMARTS) is 1. The van der Waals surface area contributed by atoms with Gasteiger partial charge in [-0.05, 0) is 18.2 Å². The van der Waals surface area contributed by atoms with Crippen LogP contribution in [0.2, 0.25) is 0 Å². The van der Waals surface area contributed by atoms with E-state index in [-0.39, 0.29) is 24.8 Å². The van der Waals surface area contributed by atoms with Crippen molar-refractivity contribution in [3.8, 4) is 5.75 Å². The van der Waals surface area contributed by atoms with Crippen molar-refractivity contribution in [3.63, 3.8) is 0 Å². The number of nitrogens with zero attached hydrogens (tertiary/aromatic N) is 1. The second-order valence-electron chi connectivity index (χ2n) is 5.30. The molecule has 1 aromatic heterocycles. The second kappa shape index (κ2) is 7.49. The quantitative estimate of drug-likeness (QED) is 0.849. The summed E-state index contributed by atoms with van der Waals surface area (Å²) >= 11 is 0. The molecule has 1 N–H and O–H groups in total. The molecule has 0 fully saturated rings. The van der Waals surface area contributed by atoms with E-state index >= 15 is 0 Å². The molecule has 0 saturated heterocycles. The van der Waals surface area contributed by atoms with Crippen LogP contribution in [-0.4, -0.2) is 35.5 Å². The van der Waals surface area contributed by atoms with E-state index in [1.54, 1.807) is 20.0 Å². The van der Waals surface area contributed by atoms with Crippen LogP contribution in [0.5, 0.6) is 5.75 Å². The van der Waals surface area contributed by atoms with E-state index in [4.69, 9.17) is 14.3 Å². The van der Waals surface area contributed by atoms with Gasteiger partial charge in [0.25, 0.3) is 5.91 Å². The van der Waals surface area contributed by atoms with Crippen LogP contribution in [0.25, 0.3) is 0 Å². The fourth-order valence-electron chi connectivity index (χ4n) is 2.06. The zero-order chi connectivity index (χ0) is 16.8. The lowest BCUT2D eigenvalue weighted by Gasteiger charge is -2.18. The molecule has 0 aliphatic carbocycles. The van der Waals surface area contributed by atoms with Gasteiger partial charge in [0, 0.05) is 19.2 Å². The molecule has 1 aromatic carbocycles. The molecule has 23 heavy (non-hydrogen) atoms. The van der Waals surface area contributed by atoms with Gasteiger partial charge in [-0.25, -0.2) is 0 Å². The largest absolute Gasteiger partial charge is 0.489 e. The summed E-state index contributed by atoms with van der Waals surface area (Å²) in [6.45, 7) is 1.85. The zero-order valence-corrected chi connectivity index (χ0v) is 13.1. The van der Waals surface area contributed by atoms with Gasteiger partial charge in [-0.15, -0.1) is 0 Å². The Labute approximate surface area is 134 Å². The van der Waals surface area contributed by atoms with E-state index in [0.29, 0.717) is 11.3 Å². The van der Waals surface area contributed by atoms with Crippen molar-refractivity contribution >= 4 is 11.9 Å². The molecule has 6 heteroatoms. The molecule has 0 unspecified atom stereocenters. The molecule has 0 radical (unpaired) electrons. The minimum absolute atomic E-state index is 0.105. The van der Waals surface area contributed by atoms with Crippen LogP contribution < -0.4 is 4.74 Å². The van der Waals surface area contributed by atoms with Gasteiger partial charge in [0.1, 0.15) is 12.4 Å². The lowest BCUT2D eigenvalue weighted by molar-refractivity contribution is -0.141. The number of benzene rings is 1. The Balaban J connectivity index is 2.02. The first kappa shape index (κ1) is 16.6. The van der Waals surface area contributed by atoms with Gasteiger partial charge in [0.15, 0.2) is 5.76 Å². The highest BCUT2D eigenvalue weighted by Crippen LogP contribution is 2.17. The van der Waals surface area contributed by atoms with Crippen molar-refractivity contribution in [2.24, 2.45) is 5.92 Å². The minimum atomic E-state index is -0.947. The highest BCUT2D eigenvalue weighted by Gasteiger charge is 2.23. The predicted molar refractivity (Wildman–Crippen MR) is 83.2 cm³/mol. The van der Waals surface area contributed by atoms with Crippen molar-refractivity contribution in [1.29, 1.82) is 0 Å². The summed E-state index contributed by atoms with van der Waals surface area (Å²) in [6, 6.07) is 10.9. The smallest absolute Gasteiger partial charge is 0.308 e. The van der Waals surface area contributed by atoms with Crippen LogP contribution in [-0.2, 0) is 11.4 Å². The summed E-state index contributed by atoms with van der Waals surface area (Å²) in [5.74, 6) is -1.10. The van der Waals surface area contributed by atoms with Crippen molar-refractivity contribution in [2.75, 3.05) is 13.6 Å². The molecular weight excluding hydrogens is 298 g/mol. The molecule has 0 bridgehead atoms. The van der Waals surface area contributed by atoms with Gasteiger partial charge >= 0.3 is 5.97 Å². The van der Waals surface area contributed by atoms with E-state index in [1.165, 1.54) is 11.2 Å². The Kier molecular flexibility index (Phi) is 5.41. The third kappa shape index (κ3) is 4.35. The maximum atomic E-state index is 12.4. The number of amides is 1. The highest BCUT2D eigenvalue weighted by atomic mass is 16.5. The van der Waals surface area contributed by atoms with Crippen molar-refractivity contribution in [3.05, 3.63) is 54.0 Å². The van der Waals surface area contributed by atoms with E-state index in [2.05, 4.69) is 0 Å². The Morgan fingerprint density at radius 1 is 1.26 bits per heavy atom. The number of hydrogen-bond acceptors (Lipinski definition) is 4. The number of para-hydroxylation sites is 1. The maximum Gasteiger partial charge on any atom is 0.308 e. The van der Waals surface area contributed by atoms with Crippen LogP contribution in [0.4, 0.5) is 0 Å². The number of aliphatic carboxylic acids is 1. The second-order valence-corrected chi connectivity index (χ2v) is 5.30. The standard InChI is InChI=1S/C17H19NO5/c1-12(17(20)21)10-18(2)16(19)15-13(8-9-22-15)11-23-14-6-4-3-5-7-14/h3-9,12H,10-11H2,1-2H3,(H,20,21)/t12-/m0/s1. The van der Waals surface area contributed by atoms with Crippen LogP contribution in [0, 0.1) is 5.92 Å². The van der Waals surface area contributed by atoms with Crippen LogP contribution in [0.3, 0.4) is 0 Å². The SMILES string of the molecule is C[C@@H](CN(C)C(=O)c1occc1COc1ccccc1)C(=O)O. The molecule has 1 heterocycles. The van der Waals surface area contributed by atoms with E-state index in [1.807, 2.05) is 30.3 Å². The summed E-state index contributed by atoms with van der Waals surface area (Å²) in [5.41, 5.74) is 0.619. The van der Waals surface area contributed by atoms with Gasteiger partial charge < -0.3 is 19.2 Å². The number of furan rings is 1. The van der Waals surface area contributed by atoms with Crippen LogP contribution in [0.15, 0.2) is 47.1 Å². The average molecular weight is 317 g/mol. The van der Waals surface area contributed by atoms with Gasteiger partial charge in [-0.2, -0.15) is 0 Å². The van der Waals surface area contributed by atoms with Crippen LogP contribution >= 0.6 is 0 Å². The van der Waals surface area contributed by atoms with Crippen molar-refractivity contribution in [1.82, 2.24) is 4.90 Å². The van der Waals surface area contributed by atoms with E-state index in [0.717, 1.165) is 0 Å². The zero-order valence-electron chi connectivity index (χ0n) is 13.1. The number of hydrogen-bond donors (Lipinski definition) is 1. The molecule has 0 aliphatic heterocycles. The lowest BCUT2D eigenvalue weighted by Crippen LogP contribution is -2.34. The first-order chi connectivity index (χ1) is 11.0. The van der Waals surface area contributed by atoms with Gasteiger partial charge in [-0.1, -0.05) is 25.1 Å². The average Bonchev–Trinajstić information content (AvgIpc) is 3.01. The van der Waals surface area contributed by atoms with Crippen LogP contribution in [0.1, 0.15) is 23.0 Å². The van der Waals surface area contributed by atoms with E-state index < -0.39 is 11.9 Å². The van der Waals surface area contributed by atoms with E-state index in [9.17, 15) is 9.59 Å². The third-order valence-electron chi connectivity index (χ3n) is 3.39. The van der Waals surface area contributed by atoms with Crippen molar-refractivity contribution < 1.29 is 23.8 Å². The molecule has 122 valence electrons. The number of rotatable bonds is 7. The number of carboxylic acids is 1. The molecule has 0 saturated carbocycles. The number of carbonyl (C=O) groups excluding carboxylic acids is 1. The third-order valence-corrected chi connectivity index (χ3v) is 3.39. The number of carbonyl (C=O) groups is 2.